The summed E-state index contributed by atoms with van der Waals surface area (Å²) in [5.41, 5.74) is 2.11. The summed E-state index contributed by atoms with van der Waals surface area (Å²) in [5, 5.41) is 12.4. The predicted molar refractivity (Wildman–Crippen MR) is 83.9 cm³/mol. The van der Waals surface area contributed by atoms with Crippen molar-refractivity contribution in [3.8, 4) is 11.8 Å². The molecule has 0 heterocycles. The fourth-order valence-corrected chi connectivity index (χ4v) is 2.02. The molecule has 0 aromatic heterocycles. The van der Waals surface area contributed by atoms with Crippen molar-refractivity contribution in [2.45, 2.75) is 26.0 Å². The molecule has 108 valence electrons. The predicted octanol–water partition coefficient (Wildman–Crippen LogP) is 3.83. The van der Waals surface area contributed by atoms with Gasteiger partial charge in [0.15, 0.2) is 0 Å². The van der Waals surface area contributed by atoms with Crippen molar-refractivity contribution in [3.05, 3.63) is 65.7 Å². The third kappa shape index (κ3) is 4.62. The lowest BCUT2D eigenvalue weighted by Gasteiger charge is -2.12. The van der Waals surface area contributed by atoms with Gasteiger partial charge in [-0.3, -0.25) is 5.32 Å². The molecule has 2 aromatic carbocycles. The molecule has 3 nitrogen and oxygen atoms in total. The van der Waals surface area contributed by atoms with Gasteiger partial charge in [0.2, 0.25) is 0 Å². The van der Waals surface area contributed by atoms with Crippen LogP contribution in [0.25, 0.3) is 0 Å². The quantitative estimate of drug-likeness (QED) is 0.838. The molecule has 0 saturated carbocycles. The largest absolute Gasteiger partial charge is 0.489 e. The molecule has 1 unspecified atom stereocenters. The van der Waals surface area contributed by atoms with E-state index in [2.05, 4.69) is 18.3 Å². The Morgan fingerprint density at radius 1 is 1.10 bits per heavy atom. The summed E-state index contributed by atoms with van der Waals surface area (Å²) >= 11 is 0. The van der Waals surface area contributed by atoms with Crippen LogP contribution in [0.2, 0.25) is 0 Å². The molecule has 3 heteroatoms. The first-order valence-corrected chi connectivity index (χ1v) is 7.23. The van der Waals surface area contributed by atoms with E-state index >= 15 is 0 Å². The van der Waals surface area contributed by atoms with Crippen LogP contribution in [-0.2, 0) is 6.61 Å². The second-order valence-electron chi connectivity index (χ2n) is 4.86. The third-order valence-electron chi connectivity index (χ3n) is 3.19. The number of nitriles is 1. The summed E-state index contributed by atoms with van der Waals surface area (Å²) in [6, 6.07) is 19.8. The molecule has 0 aliphatic heterocycles. The molecule has 1 N–H and O–H groups in total. The molecule has 0 radical (unpaired) electrons. The summed E-state index contributed by atoms with van der Waals surface area (Å²) in [5.74, 6) is 0.815. The van der Waals surface area contributed by atoms with E-state index in [0.717, 1.165) is 29.8 Å². The van der Waals surface area contributed by atoms with Crippen molar-refractivity contribution in [3.63, 3.8) is 0 Å². The highest BCUT2D eigenvalue weighted by Crippen LogP contribution is 2.18. The standard InChI is InChI=1S/C18H20N2O/c1-2-12-20-18(13-19)16-8-10-17(11-9-16)21-14-15-6-4-3-5-7-15/h3-11,18,20H,2,12,14H2,1H3. The molecular weight excluding hydrogens is 260 g/mol. The van der Waals surface area contributed by atoms with Crippen LogP contribution in [0.5, 0.6) is 5.75 Å². The lowest BCUT2D eigenvalue weighted by molar-refractivity contribution is 0.306. The van der Waals surface area contributed by atoms with Gasteiger partial charge in [-0.05, 0) is 36.2 Å². The van der Waals surface area contributed by atoms with Gasteiger partial charge in [-0.15, -0.1) is 0 Å². The fourth-order valence-electron chi connectivity index (χ4n) is 2.02. The maximum atomic E-state index is 9.18. The van der Waals surface area contributed by atoms with Crippen LogP contribution in [0, 0.1) is 11.3 Å². The van der Waals surface area contributed by atoms with Gasteiger partial charge in [0.05, 0.1) is 6.07 Å². The lowest BCUT2D eigenvalue weighted by Crippen LogP contribution is -2.20. The Labute approximate surface area is 126 Å². The van der Waals surface area contributed by atoms with Crippen LogP contribution in [-0.4, -0.2) is 6.54 Å². The van der Waals surface area contributed by atoms with E-state index in [0.29, 0.717) is 6.61 Å². The summed E-state index contributed by atoms with van der Waals surface area (Å²) in [4.78, 5) is 0. The number of benzene rings is 2. The molecule has 1 atom stereocenters. The van der Waals surface area contributed by atoms with Gasteiger partial charge in [-0.2, -0.15) is 5.26 Å². The number of nitrogens with zero attached hydrogens (tertiary/aromatic N) is 1. The Balaban J connectivity index is 1.94. The van der Waals surface area contributed by atoms with Crippen molar-refractivity contribution >= 4 is 0 Å². The Bertz CT molecular complexity index is 572. The zero-order valence-corrected chi connectivity index (χ0v) is 12.3. The average molecular weight is 280 g/mol. The number of ether oxygens (including phenoxy) is 1. The van der Waals surface area contributed by atoms with E-state index in [4.69, 9.17) is 4.74 Å². The summed E-state index contributed by atoms with van der Waals surface area (Å²) in [6.45, 7) is 3.47. The van der Waals surface area contributed by atoms with Gasteiger partial charge >= 0.3 is 0 Å². The Morgan fingerprint density at radius 2 is 1.81 bits per heavy atom. The maximum Gasteiger partial charge on any atom is 0.121 e. The van der Waals surface area contributed by atoms with Gasteiger partial charge in [0, 0.05) is 0 Å². The second-order valence-corrected chi connectivity index (χ2v) is 4.86. The van der Waals surface area contributed by atoms with Crippen molar-refractivity contribution in [2.75, 3.05) is 6.54 Å². The first-order chi connectivity index (χ1) is 10.3. The normalized spacial score (nSPS) is 11.6. The van der Waals surface area contributed by atoms with Gasteiger partial charge in [-0.25, -0.2) is 0 Å². The Hall–Kier alpha value is -2.31. The number of hydrogen-bond donors (Lipinski definition) is 1. The number of nitrogens with one attached hydrogen (secondary N) is 1. The van der Waals surface area contributed by atoms with Crippen molar-refractivity contribution < 1.29 is 4.74 Å². The fraction of sp³-hybridized carbons (Fsp3) is 0.278. The number of hydrogen-bond acceptors (Lipinski definition) is 3. The van der Waals surface area contributed by atoms with Gasteiger partial charge < -0.3 is 4.74 Å². The van der Waals surface area contributed by atoms with E-state index in [1.807, 2.05) is 54.6 Å². The van der Waals surface area contributed by atoms with Crippen LogP contribution in [0.15, 0.2) is 54.6 Å². The molecular formula is C18H20N2O. The molecule has 0 fully saturated rings. The second kappa shape index (κ2) is 8.08. The van der Waals surface area contributed by atoms with E-state index in [1.165, 1.54) is 0 Å². The molecule has 2 rings (SSSR count). The summed E-state index contributed by atoms with van der Waals surface area (Å²) in [7, 11) is 0. The molecule has 2 aromatic rings. The van der Waals surface area contributed by atoms with E-state index < -0.39 is 0 Å². The molecule has 0 amide bonds. The molecule has 0 saturated heterocycles. The monoisotopic (exact) mass is 280 g/mol. The first-order valence-electron chi connectivity index (χ1n) is 7.23. The van der Waals surface area contributed by atoms with Crippen LogP contribution in [0.1, 0.15) is 30.5 Å². The van der Waals surface area contributed by atoms with Gasteiger partial charge in [0.1, 0.15) is 18.4 Å². The maximum absolute atomic E-state index is 9.18. The van der Waals surface area contributed by atoms with Crippen LogP contribution in [0.4, 0.5) is 0 Å². The minimum atomic E-state index is -0.256. The van der Waals surface area contributed by atoms with Crippen molar-refractivity contribution in [2.24, 2.45) is 0 Å². The van der Waals surface area contributed by atoms with Crippen LogP contribution >= 0.6 is 0 Å². The average Bonchev–Trinajstić information content (AvgIpc) is 2.56. The lowest BCUT2D eigenvalue weighted by atomic mass is 10.1. The van der Waals surface area contributed by atoms with Crippen LogP contribution in [0.3, 0.4) is 0 Å². The topological polar surface area (TPSA) is 45.0 Å². The van der Waals surface area contributed by atoms with E-state index in [9.17, 15) is 5.26 Å². The van der Waals surface area contributed by atoms with E-state index in [1.54, 1.807) is 0 Å². The third-order valence-corrected chi connectivity index (χ3v) is 3.19. The summed E-state index contributed by atoms with van der Waals surface area (Å²) < 4.78 is 5.74. The van der Waals surface area contributed by atoms with Gasteiger partial charge in [-0.1, -0.05) is 49.4 Å². The highest BCUT2D eigenvalue weighted by atomic mass is 16.5. The zero-order valence-electron chi connectivity index (χ0n) is 12.3. The molecule has 0 aliphatic carbocycles. The highest BCUT2D eigenvalue weighted by molar-refractivity contribution is 5.31. The number of rotatable bonds is 7. The molecule has 0 bridgehead atoms. The molecule has 21 heavy (non-hydrogen) atoms. The Kier molecular flexibility index (Phi) is 5.81. The minimum absolute atomic E-state index is 0.256. The van der Waals surface area contributed by atoms with Crippen molar-refractivity contribution in [1.29, 1.82) is 5.26 Å². The summed E-state index contributed by atoms with van der Waals surface area (Å²) in [6.07, 6.45) is 1.01. The highest BCUT2D eigenvalue weighted by Gasteiger charge is 2.08. The molecule has 0 aliphatic rings. The minimum Gasteiger partial charge on any atom is -0.489 e. The van der Waals surface area contributed by atoms with Crippen LogP contribution < -0.4 is 10.1 Å². The van der Waals surface area contributed by atoms with E-state index in [-0.39, 0.29) is 6.04 Å². The van der Waals surface area contributed by atoms with Gasteiger partial charge in [0.25, 0.3) is 0 Å². The van der Waals surface area contributed by atoms with Crippen molar-refractivity contribution in [1.82, 2.24) is 5.32 Å². The Morgan fingerprint density at radius 3 is 2.43 bits per heavy atom. The molecule has 0 spiro atoms. The SMILES string of the molecule is CCCNC(C#N)c1ccc(OCc2ccccc2)cc1. The smallest absolute Gasteiger partial charge is 0.121 e. The zero-order chi connectivity index (χ0) is 14.9. The first kappa shape index (κ1) is 15.1.